The van der Waals surface area contributed by atoms with Crippen LogP contribution in [0.2, 0.25) is 0 Å². The van der Waals surface area contributed by atoms with Crippen LogP contribution in [0.15, 0.2) is 6.33 Å². The summed E-state index contributed by atoms with van der Waals surface area (Å²) in [6.45, 7) is 6.12. The standard InChI is InChI=1S/C10H20N4O/c1-10(2,6-13(3)4)7-14-8-11-12-9(14)5-15/h8,15H,5-7H2,1-4H3. The Morgan fingerprint density at radius 2 is 2.13 bits per heavy atom. The van der Waals surface area contributed by atoms with Crippen LogP contribution in [-0.2, 0) is 13.2 Å². The minimum atomic E-state index is -0.0575. The van der Waals surface area contributed by atoms with Gasteiger partial charge in [-0.25, -0.2) is 0 Å². The number of hydrogen-bond donors (Lipinski definition) is 1. The van der Waals surface area contributed by atoms with Crippen LogP contribution in [0.4, 0.5) is 0 Å². The Hall–Kier alpha value is -0.940. The molecule has 0 radical (unpaired) electrons. The average Bonchev–Trinajstić information content (AvgIpc) is 2.48. The monoisotopic (exact) mass is 212 g/mol. The van der Waals surface area contributed by atoms with Gasteiger partial charge in [0.15, 0.2) is 5.82 Å². The summed E-state index contributed by atoms with van der Waals surface area (Å²) < 4.78 is 1.91. The predicted molar refractivity (Wildman–Crippen MR) is 58.3 cm³/mol. The van der Waals surface area contributed by atoms with Crippen molar-refractivity contribution in [1.82, 2.24) is 19.7 Å². The normalized spacial score (nSPS) is 12.4. The van der Waals surface area contributed by atoms with Gasteiger partial charge in [0.2, 0.25) is 0 Å². The molecule has 15 heavy (non-hydrogen) atoms. The van der Waals surface area contributed by atoms with Gasteiger partial charge in [-0.1, -0.05) is 13.8 Å². The van der Waals surface area contributed by atoms with Crippen molar-refractivity contribution in [2.45, 2.75) is 27.0 Å². The molecule has 86 valence electrons. The van der Waals surface area contributed by atoms with Gasteiger partial charge >= 0.3 is 0 Å². The van der Waals surface area contributed by atoms with Crippen LogP contribution in [0.1, 0.15) is 19.7 Å². The molecule has 0 fully saturated rings. The molecular formula is C10H20N4O. The molecule has 0 aliphatic rings. The van der Waals surface area contributed by atoms with E-state index >= 15 is 0 Å². The molecule has 1 N–H and O–H groups in total. The SMILES string of the molecule is CN(C)CC(C)(C)Cn1cnnc1CO. The van der Waals surface area contributed by atoms with Crippen molar-refractivity contribution in [3.05, 3.63) is 12.2 Å². The summed E-state index contributed by atoms with van der Waals surface area (Å²) in [6.07, 6.45) is 1.67. The Balaban J connectivity index is 2.68. The third-order valence-corrected chi connectivity index (χ3v) is 2.18. The van der Waals surface area contributed by atoms with Gasteiger partial charge in [-0.2, -0.15) is 0 Å². The lowest BCUT2D eigenvalue weighted by Gasteiger charge is -2.28. The van der Waals surface area contributed by atoms with E-state index in [0.717, 1.165) is 13.1 Å². The van der Waals surface area contributed by atoms with Gasteiger partial charge in [0.05, 0.1) is 0 Å². The number of rotatable bonds is 5. The maximum Gasteiger partial charge on any atom is 0.158 e. The first kappa shape index (κ1) is 12.1. The van der Waals surface area contributed by atoms with Crippen molar-refractivity contribution in [3.63, 3.8) is 0 Å². The molecule has 5 nitrogen and oxygen atoms in total. The van der Waals surface area contributed by atoms with Crippen LogP contribution >= 0.6 is 0 Å². The third kappa shape index (κ3) is 3.60. The molecule has 1 rings (SSSR count). The van der Waals surface area contributed by atoms with Gasteiger partial charge in [-0.05, 0) is 19.5 Å². The highest BCUT2D eigenvalue weighted by Crippen LogP contribution is 2.19. The molecule has 0 bridgehead atoms. The lowest BCUT2D eigenvalue weighted by Crippen LogP contribution is -2.32. The molecular weight excluding hydrogens is 192 g/mol. The number of hydrogen-bond acceptors (Lipinski definition) is 4. The second kappa shape index (κ2) is 4.72. The van der Waals surface area contributed by atoms with E-state index in [1.54, 1.807) is 6.33 Å². The quantitative estimate of drug-likeness (QED) is 0.765. The lowest BCUT2D eigenvalue weighted by atomic mass is 9.93. The molecule has 0 aromatic carbocycles. The van der Waals surface area contributed by atoms with E-state index in [1.165, 1.54) is 0 Å². The fourth-order valence-electron chi connectivity index (χ4n) is 1.90. The molecule has 5 heteroatoms. The summed E-state index contributed by atoms with van der Waals surface area (Å²) in [4.78, 5) is 2.16. The van der Waals surface area contributed by atoms with Gasteiger partial charge in [0.25, 0.3) is 0 Å². The van der Waals surface area contributed by atoms with E-state index in [1.807, 2.05) is 4.57 Å². The van der Waals surface area contributed by atoms with E-state index in [2.05, 4.69) is 43.0 Å². The van der Waals surface area contributed by atoms with Crippen LogP contribution in [0.5, 0.6) is 0 Å². The molecule has 1 heterocycles. The maximum atomic E-state index is 9.05. The summed E-state index contributed by atoms with van der Waals surface area (Å²) in [7, 11) is 4.11. The van der Waals surface area contributed by atoms with Crippen molar-refractivity contribution >= 4 is 0 Å². The topological polar surface area (TPSA) is 54.2 Å². The van der Waals surface area contributed by atoms with Crippen LogP contribution in [0.3, 0.4) is 0 Å². The summed E-state index contributed by atoms with van der Waals surface area (Å²) in [6, 6.07) is 0. The number of aromatic nitrogens is 3. The third-order valence-electron chi connectivity index (χ3n) is 2.18. The first-order valence-corrected chi connectivity index (χ1v) is 5.07. The second-order valence-corrected chi connectivity index (χ2v) is 4.94. The zero-order valence-electron chi connectivity index (χ0n) is 9.93. The molecule has 0 saturated carbocycles. The lowest BCUT2D eigenvalue weighted by molar-refractivity contribution is 0.200. The van der Waals surface area contributed by atoms with Crippen LogP contribution in [-0.4, -0.2) is 45.4 Å². The minimum Gasteiger partial charge on any atom is -0.388 e. The Labute approximate surface area is 90.7 Å². The Morgan fingerprint density at radius 3 is 2.67 bits per heavy atom. The van der Waals surface area contributed by atoms with Crippen molar-refractivity contribution in [2.75, 3.05) is 20.6 Å². The van der Waals surface area contributed by atoms with Crippen molar-refractivity contribution < 1.29 is 5.11 Å². The van der Waals surface area contributed by atoms with Gasteiger partial charge < -0.3 is 14.6 Å². The van der Waals surface area contributed by atoms with E-state index in [9.17, 15) is 0 Å². The van der Waals surface area contributed by atoms with E-state index in [4.69, 9.17) is 5.11 Å². The highest BCUT2D eigenvalue weighted by molar-refractivity contribution is 4.85. The smallest absolute Gasteiger partial charge is 0.158 e. The summed E-state index contributed by atoms with van der Waals surface area (Å²) in [5.41, 5.74) is 0.135. The van der Waals surface area contributed by atoms with Crippen LogP contribution in [0.25, 0.3) is 0 Å². The first-order valence-electron chi connectivity index (χ1n) is 5.07. The zero-order chi connectivity index (χ0) is 11.5. The largest absolute Gasteiger partial charge is 0.388 e. The fourth-order valence-corrected chi connectivity index (χ4v) is 1.90. The van der Waals surface area contributed by atoms with Gasteiger partial charge in [0.1, 0.15) is 12.9 Å². The Morgan fingerprint density at radius 1 is 1.47 bits per heavy atom. The predicted octanol–water partition coefficient (Wildman–Crippen LogP) is 0.358. The van der Waals surface area contributed by atoms with E-state index < -0.39 is 0 Å². The second-order valence-electron chi connectivity index (χ2n) is 4.94. The fraction of sp³-hybridized carbons (Fsp3) is 0.800. The molecule has 0 unspecified atom stereocenters. The van der Waals surface area contributed by atoms with Gasteiger partial charge in [-0.15, -0.1) is 10.2 Å². The van der Waals surface area contributed by atoms with E-state index in [0.29, 0.717) is 5.82 Å². The number of nitrogens with zero attached hydrogens (tertiary/aromatic N) is 4. The first-order chi connectivity index (χ1) is 6.94. The summed E-state index contributed by atoms with van der Waals surface area (Å²) in [5.74, 6) is 0.627. The molecule has 0 aliphatic carbocycles. The number of aliphatic hydroxyl groups excluding tert-OH is 1. The van der Waals surface area contributed by atoms with Gasteiger partial charge in [0, 0.05) is 13.1 Å². The number of aliphatic hydroxyl groups is 1. The minimum absolute atomic E-state index is 0.0575. The summed E-state index contributed by atoms with van der Waals surface area (Å²) >= 11 is 0. The Bertz CT molecular complexity index is 306. The Kier molecular flexibility index (Phi) is 3.82. The van der Waals surface area contributed by atoms with Crippen LogP contribution < -0.4 is 0 Å². The highest BCUT2D eigenvalue weighted by atomic mass is 16.3. The van der Waals surface area contributed by atoms with E-state index in [-0.39, 0.29) is 12.0 Å². The highest BCUT2D eigenvalue weighted by Gasteiger charge is 2.20. The van der Waals surface area contributed by atoms with Crippen molar-refractivity contribution in [1.29, 1.82) is 0 Å². The average molecular weight is 212 g/mol. The molecule has 0 amide bonds. The molecule has 0 aliphatic heterocycles. The molecule has 0 atom stereocenters. The zero-order valence-corrected chi connectivity index (χ0v) is 9.93. The van der Waals surface area contributed by atoms with Crippen LogP contribution in [0, 0.1) is 5.41 Å². The maximum absolute atomic E-state index is 9.05. The molecule has 1 aromatic rings. The molecule has 0 saturated heterocycles. The van der Waals surface area contributed by atoms with Crippen molar-refractivity contribution in [3.8, 4) is 0 Å². The van der Waals surface area contributed by atoms with Crippen molar-refractivity contribution in [2.24, 2.45) is 5.41 Å². The molecule has 0 spiro atoms. The summed E-state index contributed by atoms with van der Waals surface area (Å²) in [5, 5.41) is 16.7. The van der Waals surface area contributed by atoms with Gasteiger partial charge in [-0.3, -0.25) is 0 Å². The molecule has 1 aromatic heterocycles.